The number of nitrogens with zero attached hydrogens (tertiary/aromatic N) is 1. The quantitative estimate of drug-likeness (QED) is 0.767. The van der Waals surface area contributed by atoms with Crippen LogP contribution in [0.15, 0.2) is 6.20 Å². The van der Waals surface area contributed by atoms with Gasteiger partial charge in [0.2, 0.25) is 0 Å². The Hall–Kier alpha value is -1.72. The molecule has 1 N–H and O–H groups in total. The first kappa shape index (κ1) is 11.4. The van der Waals surface area contributed by atoms with Gasteiger partial charge in [-0.15, -0.1) is 0 Å². The normalized spacial score (nSPS) is 10.5. The standard InChI is InChI=1S/C9H9F2NO3/c1-4-5(13)3-12-7(8(10)11)6(4)9(14)15-2/h3,8,13H,1-2H3. The lowest BCUT2D eigenvalue weighted by Gasteiger charge is -2.09. The van der Waals surface area contributed by atoms with Crippen LogP contribution in [0.1, 0.15) is 28.0 Å². The first-order valence-electron chi connectivity index (χ1n) is 4.04. The molecule has 0 unspecified atom stereocenters. The lowest BCUT2D eigenvalue weighted by molar-refractivity contribution is 0.0585. The van der Waals surface area contributed by atoms with E-state index in [1.807, 2.05) is 0 Å². The number of hydrogen-bond donors (Lipinski definition) is 1. The summed E-state index contributed by atoms with van der Waals surface area (Å²) in [5.74, 6) is -1.26. The van der Waals surface area contributed by atoms with Crippen LogP contribution >= 0.6 is 0 Å². The fraction of sp³-hybridized carbons (Fsp3) is 0.333. The number of alkyl halides is 2. The molecule has 0 aliphatic carbocycles. The van der Waals surface area contributed by atoms with E-state index in [1.165, 1.54) is 6.92 Å². The predicted molar refractivity (Wildman–Crippen MR) is 46.9 cm³/mol. The van der Waals surface area contributed by atoms with Crippen LogP contribution in [-0.4, -0.2) is 23.2 Å². The molecule has 6 heteroatoms. The van der Waals surface area contributed by atoms with E-state index in [1.54, 1.807) is 0 Å². The van der Waals surface area contributed by atoms with E-state index >= 15 is 0 Å². The average Bonchev–Trinajstić information content (AvgIpc) is 2.20. The zero-order chi connectivity index (χ0) is 11.6. The van der Waals surface area contributed by atoms with Gasteiger partial charge in [-0.05, 0) is 6.92 Å². The lowest BCUT2D eigenvalue weighted by atomic mass is 10.1. The largest absolute Gasteiger partial charge is 0.506 e. The molecule has 0 aromatic carbocycles. The second-order valence-electron chi connectivity index (χ2n) is 2.82. The number of pyridine rings is 1. The third kappa shape index (κ3) is 2.03. The summed E-state index contributed by atoms with van der Waals surface area (Å²) in [7, 11) is 1.07. The van der Waals surface area contributed by atoms with Gasteiger partial charge in [-0.1, -0.05) is 0 Å². The minimum absolute atomic E-state index is 0.0344. The van der Waals surface area contributed by atoms with Crippen molar-refractivity contribution in [3.63, 3.8) is 0 Å². The highest BCUT2D eigenvalue weighted by atomic mass is 19.3. The second kappa shape index (κ2) is 4.20. The first-order valence-corrected chi connectivity index (χ1v) is 4.04. The fourth-order valence-electron chi connectivity index (χ4n) is 1.14. The Balaban J connectivity index is 3.41. The Labute approximate surface area is 84.5 Å². The Kier molecular flexibility index (Phi) is 3.18. The molecule has 0 aliphatic rings. The smallest absolute Gasteiger partial charge is 0.340 e. The number of methoxy groups -OCH3 is 1. The van der Waals surface area contributed by atoms with Crippen molar-refractivity contribution >= 4 is 5.97 Å². The van der Waals surface area contributed by atoms with Crippen LogP contribution in [0.4, 0.5) is 8.78 Å². The summed E-state index contributed by atoms with van der Waals surface area (Å²) in [4.78, 5) is 14.5. The van der Waals surface area contributed by atoms with Crippen molar-refractivity contribution in [1.29, 1.82) is 0 Å². The summed E-state index contributed by atoms with van der Waals surface area (Å²) in [5, 5.41) is 9.24. The fourth-order valence-corrected chi connectivity index (χ4v) is 1.14. The minimum Gasteiger partial charge on any atom is -0.506 e. The van der Waals surface area contributed by atoms with Crippen molar-refractivity contribution < 1.29 is 23.4 Å². The van der Waals surface area contributed by atoms with Crippen LogP contribution in [-0.2, 0) is 4.74 Å². The van der Waals surface area contributed by atoms with Crippen LogP contribution in [0.2, 0.25) is 0 Å². The summed E-state index contributed by atoms with van der Waals surface area (Å²) < 4.78 is 29.3. The molecule has 0 saturated heterocycles. The molecule has 0 fully saturated rings. The maximum Gasteiger partial charge on any atom is 0.340 e. The van der Waals surface area contributed by atoms with E-state index in [-0.39, 0.29) is 16.9 Å². The molecular formula is C9H9F2NO3. The van der Waals surface area contributed by atoms with E-state index in [4.69, 9.17) is 0 Å². The molecule has 0 aliphatic heterocycles. The van der Waals surface area contributed by atoms with E-state index in [0.29, 0.717) is 0 Å². The topological polar surface area (TPSA) is 59.4 Å². The SMILES string of the molecule is COC(=O)c1c(C(F)F)ncc(O)c1C. The zero-order valence-electron chi connectivity index (χ0n) is 8.12. The van der Waals surface area contributed by atoms with Crippen LogP contribution in [0.5, 0.6) is 5.75 Å². The first-order chi connectivity index (χ1) is 6.99. The molecule has 0 amide bonds. The van der Waals surface area contributed by atoms with Gasteiger partial charge >= 0.3 is 5.97 Å². The lowest BCUT2D eigenvalue weighted by Crippen LogP contribution is -2.10. The molecule has 1 aromatic heterocycles. The Morgan fingerprint density at radius 1 is 1.60 bits per heavy atom. The maximum absolute atomic E-state index is 12.5. The molecule has 4 nitrogen and oxygen atoms in total. The summed E-state index contributed by atoms with van der Waals surface area (Å²) in [5.41, 5.74) is -1.03. The third-order valence-corrected chi connectivity index (χ3v) is 1.94. The molecule has 15 heavy (non-hydrogen) atoms. The van der Waals surface area contributed by atoms with Crippen molar-refractivity contribution in [1.82, 2.24) is 4.98 Å². The van der Waals surface area contributed by atoms with Crippen LogP contribution in [0, 0.1) is 6.92 Å². The van der Waals surface area contributed by atoms with Gasteiger partial charge in [-0.25, -0.2) is 13.6 Å². The molecule has 0 saturated carbocycles. The van der Waals surface area contributed by atoms with Crippen molar-refractivity contribution in [2.75, 3.05) is 7.11 Å². The van der Waals surface area contributed by atoms with Gasteiger partial charge in [0.15, 0.2) is 0 Å². The summed E-state index contributed by atoms with van der Waals surface area (Å²) >= 11 is 0. The predicted octanol–water partition coefficient (Wildman–Crippen LogP) is 1.82. The number of rotatable bonds is 2. The average molecular weight is 217 g/mol. The molecule has 0 atom stereocenters. The zero-order valence-corrected chi connectivity index (χ0v) is 8.12. The second-order valence-corrected chi connectivity index (χ2v) is 2.82. The number of ether oxygens (including phenoxy) is 1. The number of carbonyl (C=O) groups is 1. The van der Waals surface area contributed by atoms with Gasteiger partial charge in [-0.2, -0.15) is 0 Å². The van der Waals surface area contributed by atoms with Crippen molar-refractivity contribution in [2.45, 2.75) is 13.3 Å². The molecular weight excluding hydrogens is 208 g/mol. The van der Waals surface area contributed by atoms with E-state index < -0.39 is 18.1 Å². The van der Waals surface area contributed by atoms with Gasteiger partial charge in [0.1, 0.15) is 11.4 Å². The monoisotopic (exact) mass is 217 g/mol. The van der Waals surface area contributed by atoms with E-state index in [2.05, 4.69) is 9.72 Å². The third-order valence-electron chi connectivity index (χ3n) is 1.94. The van der Waals surface area contributed by atoms with Crippen molar-refractivity contribution in [2.24, 2.45) is 0 Å². The number of hydrogen-bond acceptors (Lipinski definition) is 4. The van der Waals surface area contributed by atoms with E-state index in [9.17, 15) is 18.7 Å². The maximum atomic E-state index is 12.5. The van der Waals surface area contributed by atoms with Gasteiger partial charge in [-0.3, -0.25) is 4.98 Å². The van der Waals surface area contributed by atoms with Gasteiger partial charge in [0.05, 0.1) is 18.9 Å². The molecule has 1 aromatic rings. The number of esters is 1. The summed E-state index contributed by atoms with van der Waals surface area (Å²) in [6, 6.07) is 0. The van der Waals surface area contributed by atoms with Crippen molar-refractivity contribution in [3.05, 3.63) is 23.0 Å². The Bertz CT molecular complexity index is 393. The molecule has 1 heterocycles. The van der Waals surface area contributed by atoms with Gasteiger partial charge < -0.3 is 9.84 Å². The van der Waals surface area contributed by atoms with Gasteiger partial charge in [0.25, 0.3) is 6.43 Å². The molecule has 0 radical (unpaired) electrons. The number of aromatic nitrogens is 1. The van der Waals surface area contributed by atoms with Crippen molar-refractivity contribution in [3.8, 4) is 5.75 Å². The van der Waals surface area contributed by atoms with Crippen LogP contribution in [0.3, 0.4) is 0 Å². The molecule has 0 spiro atoms. The minimum atomic E-state index is -2.89. The number of carbonyl (C=O) groups excluding carboxylic acids is 1. The Morgan fingerprint density at radius 3 is 2.67 bits per heavy atom. The van der Waals surface area contributed by atoms with E-state index in [0.717, 1.165) is 13.3 Å². The number of halogens is 2. The number of aromatic hydroxyl groups is 1. The highest BCUT2D eigenvalue weighted by Gasteiger charge is 2.24. The Morgan fingerprint density at radius 2 is 2.20 bits per heavy atom. The van der Waals surface area contributed by atoms with Crippen LogP contribution in [0.25, 0.3) is 0 Å². The van der Waals surface area contributed by atoms with Crippen LogP contribution < -0.4 is 0 Å². The highest BCUT2D eigenvalue weighted by Crippen LogP contribution is 2.28. The molecule has 0 bridgehead atoms. The van der Waals surface area contributed by atoms with Gasteiger partial charge in [0, 0.05) is 5.56 Å². The highest BCUT2D eigenvalue weighted by molar-refractivity contribution is 5.92. The molecule has 1 rings (SSSR count). The summed E-state index contributed by atoms with van der Waals surface area (Å²) in [6.07, 6.45) is -2.01. The molecule has 82 valence electrons. The summed E-state index contributed by atoms with van der Waals surface area (Å²) in [6.45, 7) is 1.34.